The molecule has 0 radical (unpaired) electrons. The molecule has 15 heavy (non-hydrogen) atoms. The second-order valence-electron chi connectivity index (χ2n) is 3.52. The first-order valence-electron chi connectivity index (χ1n) is 5.12. The Morgan fingerprint density at radius 3 is 2.73 bits per heavy atom. The first-order chi connectivity index (χ1) is 7.27. The number of hydrogen-bond donors (Lipinski definition) is 1. The van der Waals surface area contributed by atoms with Crippen LogP contribution in [0.2, 0.25) is 0 Å². The summed E-state index contributed by atoms with van der Waals surface area (Å²) in [7, 11) is 3.71. The fraction of sp³-hybridized carbons (Fsp3) is 0.500. The van der Waals surface area contributed by atoms with E-state index in [4.69, 9.17) is 4.74 Å². The third-order valence-electron chi connectivity index (χ3n) is 2.31. The summed E-state index contributed by atoms with van der Waals surface area (Å²) in [5, 5.41) is 3.25. The molecule has 0 bridgehead atoms. The standard InChI is InChI=1S/C12H19NOS/c1-10-6-4-5-7-12(10)15-9-11(13-2)8-14-3/h4-7,11,13H,8-9H2,1-3H3. The molecule has 1 N–H and O–H groups in total. The van der Waals surface area contributed by atoms with E-state index in [0.29, 0.717) is 6.04 Å². The lowest BCUT2D eigenvalue weighted by molar-refractivity contribution is 0.177. The van der Waals surface area contributed by atoms with Crippen molar-refractivity contribution < 1.29 is 4.74 Å². The fourth-order valence-corrected chi connectivity index (χ4v) is 2.44. The number of ether oxygens (including phenoxy) is 1. The van der Waals surface area contributed by atoms with E-state index in [2.05, 4.69) is 36.5 Å². The lowest BCUT2D eigenvalue weighted by atomic mass is 10.2. The van der Waals surface area contributed by atoms with Crippen molar-refractivity contribution >= 4 is 11.8 Å². The minimum atomic E-state index is 0.416. The van der Waals surface area contributed by atoms with E-state index in [0.717, 1.165) is 12.4 Å². The Morgan fingerprint density at radius 2 is 2.13 bits per heavy atom. The molecular weight excluding hydrogens is 206 g/mol. The van der Waals surface area contributed by atoms with E-state index >= 15 is 0 Å². The first kappa shape index (κ1) is 12.6. The lowest BCUT2D eigenvalue weighted by Crippen LogP contribution is -2.32. The topological polar surface area (TPSA) is 21.3 Å². The second-order valence-corrected chi connectivity index (χ2v) is 4.58. The second kappa shape index (κ2) is 6.88. The average molecular weight is 225 g/mol. The summed E-state index contributed by atoms with van der Waals surface area (Å²) >= 11 is 1.88. The van der Waals surface area contributed by atoms with Crippen LogP contribution in [0.5, 0.6) is 0 Å². The van der Waals surface area contributed by atoms with Crippen LogP contribution < -0.4 is 5.32 Å². The van der Waals surface area contributed by atoms with Crippen LogP contribution in [0.4, 0.5) is 0 Å². The SMILES string of the molecule is CNC(COC)CSc1ccccc1C. The number of methoxy groups -OCH3 is 1. The highest BCUT2D eigenvalue weighted by Gasteiger charge is 2.06. The Bertz CT molecular complexity index is 291. The molecule has 0 aliphatic rings. The number of aryl methyl sites for hydroxylation is 1. The van der Waals surface area contributed by atoms with Crippen LogP contribution in [0, 0.1) is 6.92 Å². The Balaban J connectivity index is 2.45. The van der Waals surface area contributed by atoms with Gasteiger partial charge in [0.25, 0.3) is 0 Å². The Morgan fingerprint density at radius 1 is 1.40 bits per heavy atom. The summed E-state index contributed by atoms with van der Waals surface area (Å²) in [4.78, 5) is 1.36. The van der Waals surface area contributed by atoms with Gasteiger partial charge < -0.3 is 10.1 Å². The summed E-state index contributed by atoms with van der Waals surface area (Å²) < 4.78 is 5.14. The summed E-state index contributed by atoms with van der Waals surface area (Å²) in [6.07, 6.45) is 0. The predicted molar refractivity (Wildman–Crippen MR) is 66.6 cm³/mol. The molecule has 0 saturated heterocycles. The lowest BCUT2D eigenvalue weighted by Gasteiger charge is -2.15. The van der Waals surface area contributed by atoms with Crippen LogP contribution in [-0.4, -0.2) is 32.6 Å². The molecule has 0 fully saturated rings. The Labute approximate surface area is 96.4 Å². The van der Waals surface area contributed by atoms with Gasteiger partial charge in [-0.25, -0.2) is 0 Å². The van der Waals surface area contributed by atoms with E-state index in [-0.39, 0.29) is 0 Å². The van der Waals surface area contributed by atoms with Gasteiger partial charge in [-0.3, -0.25) is 0 Å². The van der Waals surface area contributed by atoms with Crippen molar-refractivity contribution in [3.05, 3.63) is 29.8 Å². The van der Waals surface area contributed by atoms with Gasteiger partial charge in [-0.05, 0) is 25.6 Å². The van der Waals surface area contributed by atoms with Crippen molar-refractivity contribution in [2.45, 2.75) is 17.9 Å². The summed E-state index contributed by atoms with van der Waals surface area (Å²) in [5.74, 6) is 1.04. The van der Waals surface area contributed by atoms with Crippen molar-refractivity contribution in [3.63, 3.8) is 0 Å². The van der Waals surface area contributed by atoms with E-state index in [9.17, 15) is 0 Å². The largest absolute Gasteiger partial charge is 0.383 e. The molecule has 1 atom stereocenters. The summed E-state index contributed by atoms with van der Waals surface area (Å²) in [6.45, 7) is 2.91. The molecule has 0 spiro atoms. The number of likely N-dealkylation sites (N-methyl/N-ethyl adjacent to an activating group) is 1. The fourth-order valence-electron chi connectivity index (χ4n) is 1.32. The molecule has 3 heteroatoms. The van der Waals surface area contributed by atoms with Crippen molar-refractivity contribution in [2.24, 2.45) is 0 Å². The molecule has 0 saturated carbocycles. The van der Waals surface area contributed by atoms with Crippen LogP contribution in [0.25, 0.3) is 0 Å². The van der Waals surface area contributed by atoms with Crippen molar-refractivity contribution in [1.29, 1.82) is 0 Å². The molecule has 1 aromatic carbocycles. The molecule has 1 unspecified atom stereocenters. The maximum absolute atomic E-state index is 5.14. The zero-order valence-corrected chi connectivity index (χ0v) is 10.4. The van der Waals surface area contributed by atoms with Crippen molar-refractivity contribution in [2.75, 3.05) is 26.5 Å². The highest BCUT2D eigenvalue weighted by molar-refractivity contribution is 7.99. The first-order valence-corrected chi connectivity index (χ1v) is 6.11. The van der Waals surface area contributed by atoms with Gasteiger partial charge >= 0.3 is 0 Å². The van der Waals surface area contributed by atoms with Crippen LogP contribution in [-0.2, 0) is 4.74 Å². The molecule has 0 amide bonds. The molecule has 2 nitrogen and oxygen atoms in total. The highest BCUT2D eigenvalue weighted by Crippen LogP contribution is 2.22. The summed E-state index contributed by atoms with van der Waals surface area (Å²) in [5.41, 5.74) is 1.34. The maximum Gasteiger partial charge on any atom is 0.0623 e. The van der Waals surface area contributed by atoms with Gasteiger partial charge in [0.1, 0.15) is 0 Å². The van der Waals surface area contributed by atoms with E-state index in [1.54, 1.807) is 7.11 Å². The molecule has 1 rings (SSSR count). The number of rotatable bonds is 6. The van der Waals surface area contributed by atoms with Crippen molar-refractivity contribution in [1.82, 2.24) is 5.32 Å². The Hall–Kier alpha value is -0.510. The van der Waals surface area contributed by atoms with Gasteiger partial charge in [0.15, 0.2) is 0 Å². The molecule has 0 aliphatic carbocycles. The number of nitrogens with one attached hydrogen (secondary N) is 1. The normalized spacial score (nSPS) is 12.7. The van der Waals surface area contributed by atoms with E-state index in [1.807, 2.05) is 18.8 Å². The van der Waals surface area contributed by atoms with Gasteiger partial charge in [-0.15, -0.1) is 11.8 Å². The maximum atomic E-state index is 5.14. The average Bonchev–Trinajstić information content (AvgIpc) is 2.26. The minimum absolute atomic E-state index is 0.416. The quantitative estimate of drug-likeness (QED) is 0.751. The van der Waals surface area contributed by atoms with Crippen LogP contribution in [0.3, 0.4) is 0 Å². The van der Waals surface area contributed by atoms with E-state index in [1.165, 1.54) is 10.5 Å². The molecule has 84 valence electrons. The zero-order valence-electron chi connectivity index (χ0n) is 9.62. The van der Waals surface area contributed by atoms with Gasteiger partial charge in [0.05, 0.1) is 6.61 Å². The number of hydrogen-bond acceptors (Lipinski definition) is 3. The van der Waals surface area contributed by atoms with Crippen LogP contribution in [0.1, 0.15) is 5.56 Å². The van der Waals surface area contributed by atoms with E-state index < -0.39 is 0 Å². The Kier molecular flexibility index (Phi) is 5.76. The third-order valence-corrected chi connectivity index (χ3v) is 3.65. The zero-order chi connectivity index (χ0) is 11.1. The highest BCUT2D eigenvalue weighted by atomic mass is 32.2. The van der Waals surface area contributed by atoms with Gasteiger partial charge in [0, 0.05) is 23.8 Å². The van der Waals surface area contributed by atoms with Crippen LogP contribution in [0.15, 0.2) is 29.2 Å². The molecule has 0 aliphatic heterocycles. The number of benzene rings is 1. The molecular formula is C12H19NOS. The van der Waals surface area contributed by atoms with Crippen molar-refractivity contribution in [3.8, 4) is 0 Å². The molecule has 0 heterocycles. The summed E-state index contributed by atoms with van der Waals surface area (Å²) in [6, 6.07) is 8.89. The van der Waals surface area contributed by atoms with Crippen LogP contribution >= 0.6 is 11.8 Å². The smallest absolute Gasteiger partial charge is 0.0623 e. The number of thioether (sulfide) groups is 1. The monoisotopic (exact) mass is 225 g/mol. The molecule has 1 aromatic rings. The van der Waals surface area contributed by atoms with Gasteiger partial charge in [0.2, 0.25) is 0 Å². The predicted octanol–water partition coefficient (Wildman–Crippen LogP) is 2.32. The third kappa shape index (κ3) is 4.24. The molecule has 0 aromatic heterocycles. The van der Waals surface area contributed by atoms with Gasteiger partial charge in [-0.2, -0.15) is 0 Å². The van der Waals surface area contributed by atoms with Gasteiger partial charge in [-0.1, -0.05) is 18.2 Å². The minimum Gasteiger partial charge on any atom is -0.383 e.